The van der Waals surface area contributed by atoms with Gasteiger partial charge in [0.2, 0.25) is 5.89 Å². The second-order valence-corrected chi connectivity index (χ2v) is 7.37. The Morgan fingerprint density at radius 2 is 2.04 bits per heavy atom. The molecule has 0 bridgehead atoms. The van der Waals surface area contributed by atoms with Gasteiger partial charge in [-0.3, -0.25) is 4.99 Å². The molecule has 0 unspecified atom stereocenters. The second kappa shape index (κ2) is 8.76. The minimum absolute atomic E-state index is 0.0309. The van der Waals surface area contributed by atoms with Crippen molar-refractivity contribution in [1.29, 1.82) is 0 Å². The SMILES string of the molecule is CN=C(NCc1nc(C)c(C)o1)NCC1(c2cccc(Cl)c2)CCOCC1. The number of oxazole rings is 1. The number of aryl methyl sites for hydroxylation is 2. The fraction of sp³-hybridized carbons (Fsp3) is 0.500. The summed E-state index contributed by atoms with van der Waals surface area (Å²) in [6.45, 7) is 6.58. The molecule has 0 spiro atoms. The van der Waals surface area contributed by atoms with E-state index in [4.69, 9.17) is 20.8 Å². The number of aromatic nitrogens is 1. The standard InChI is InChI=1S/C20H27ClN4O2/c1-14-15(2)27-18(25-14)12-23-19(22-3)24-13-20(7-9-26-10-8-20)16-5-4-6-17(21)11-16/h4-6,11H,7-10,12-13H2,1-3H3,(H2,22,23,24). The summed E-state index contributed by atoms with van der Waals surface area (Å²) in [5.74, 6) is 2.22. The molecule has 1 aliphatic heterocycles. The number of guanidine groups is 1. The van der Waals surface area contributed by atoms with E-state index in [0.29, 0.717) is 12.4 Å². The van der Waals surface area contributed by atoms with Crippen LogP contribution in [0.25, 0.3) is 0 Å². The summed E-state index contributed by atoms with van der Waals surface area (Å²) in [6.07, 6.45) is 1.88. The number of ether oxygens (including phenoxy) is 1. The van der Waals surface area contributed by atoms with Crippen LogP contribution in [-0.2, 0) is 16.7 Å². The highest BCUT2D eigenvalue weighted by molar-refractivity contribution is 6.30. The second-order valence-electron chi connectivity index (χ2n) is 6.93. The molecule has 146 valence electrons. The molecule has 2 aromatic rings. The van der Waals surface area contributed by atoms with Crippen LogP contribution < -0.4 is 10.6 Å². The highest BCUT2D eigenvalue weighted by atomic mass is 35.5. The van der Waals surface area contributed by atoms with Crippen molar-refractivity contribution < 1.29 is 9.15 Å². The van der Waals surface area contributed by atoms with Gasteiger partial charge in [0, 0.05) is 37.2 Å². The molecule has 1 saturated heterocycles. The molecule has 27 heavy (non-hydrogen) atoms. The number of nitrogens with zero attached hydrogens (tertiary/aromatic N) is 2. The lowest BCUT2D eigenvalue weighted by molar-refractivity contribution is 0.0514. The molecule has 3 rings (SSSR count). The van der Waals surface area contributed by atoms with Crippen molar-refractivity contribution in [3.05, 3.63) is 52.2 Å². The van der Waals surface area contributed by atoms with Crippen LogP contribution in [0.1, 0.15) is 35.7 Å². The summed E-state index contributed by atoms with van der Waals surface area (Å²) >= 11 is 6.24. The average molecular weight is 391 g/mol. The van der Waals surface area contributed by atoms with Crippen molar-refractivity contribution in [2.24, 2.45) is 4.99 Å². The predicted octanol–water partition coefficient (Wildman–Crippen LogP) is 3.36. The number of hydrogen-bond donors (Lipinski definition) is 2. The van der Waals surface area contributed by atoms with Gasteiger partial charge in [0.05, 0.1) is 12.2 Å². The maximum atomic E-state index is 6.24. The van der Waals surface area contributed by atoms with E-state index in [1.54, 1.807) is 7.05 Å². The lowest BCUT2D eigenvalue weighted by atomic mass is 9.74. The van der Waals surface area contributed by atoms with Crippen molar-refractivity contribution in [2.75, 3.05) is 26.8 Å². The molecule has 0 amide bonds. The third-order valence-corrected chi connectivity index (χ3v) is 5.42. The van der Waals surface area contributed by atoms with Crippen LogP contribution in [0.15, 0.2) is 33.7 Å². The summed E-state index contributed by atoms with van der Waals surface area (Å²) in [4.78, 5) is 8.72. The quantitative estimate of drug-likeness (QED) is 0.605. The van der Waals surface area contributed by atoms with Gasteiger partial charge in [0.25, 0.3) is 0 Å². The summed E-state index contributed by atoms with van der Waals surface area (Å²) < 4.78 is 11.2. The highest BCUT2D eigenvalue weighted by Crippen LogP contribution is 2.35. The molecule has 2 N–H and O–H groups in total. The fourth-order valence-corrected chi connectivity index (χ4v) is 3.59. The first-order valence-corrected chi connectivity index (χ1v) is 9.61. The van der Waals surface area contributed by atoms with Crippen LogP contribution in [0, 0.1) is 13.8 Å². The molecule has 0 radical (unpaired) electrons. The summed E-state index contributed by atoms with van der Waals surface area (Å²) in [5, 5.41) is 7.49. The lowest BCUT2D eigenvalue weighted by Crippen LogP contribution is -2.48. The van der Waals surface area contributed by atoms with Gasteiger partial charge in [-0.2, -0.15) is 0 Å². The van der Waals surface area contributed by atoms with E-state index >= 15 is 0 Å². The van der Waals surface area contributed by atoms with Crippen LogP contribution in [0.4, 0.5) is 0 Å². The monoisotopic (exact) mass is 390 g/mol. The van der Waals surface area contributed by atoms with Crippen LogP contribution in [0.5, 0.6) is 0 Å². The highest BCUT2D eigenvalue weighted by Gasteiger charge is 2.34. The van der Waals surface area contributed by atoms with Crippen LogP contribution in [-0.4, -0.2) is 37.7 Å². The Kier molecular flexibility index (Phi) is 6.39. The average Bonchev–Trinajstić information content (AvgIpc) is 3.00. The van der Waals surface area contributed by atoms with E-state index in [2.05, 4.69) is 32.7 Å². The lowest BCUT2D eigenvalue weighted by Gasteiger charge is -2.38. The van der Waals surface area contributed by atoms with Gasteiger partial charge in [-0.25, -0.2) is 4.98 Å². The van der Waals surface area contributed by atoms with Crippen molar-refractivity contribution >= 4 is 17.6 Å². The number of benzene rings is 1. The Morgan fingerprint density at radius 3 is 2.67 bits per heavy atom. The Balaban J connectivity index is 1.66. The molecular formula is C20H27ClN4O2. The molecule has 2 heterocycles. The van der Waals surface area contributed by atoms with Crippen LogP contribution >= 0.6 is 11.6 Å². The van der Waals surface area contributed by atoms with Crippen molar-refractivity contribution in [3.8, 4) is 0 Å². The number of halogens is 1. The summed E-state index contributed by atoms with van der Waals surface area (Å²) in [6, 6.07) is 8.12. The van der Waals surface area contributed by atoms with E-state index in [9.17, 15) is 0 Å². The van der Waals surface area contributed by atoms with Gasteiger partial charge in [-0.05, 0) is 44.4 Å². The molecule has 1 fully saturated rings. The Labute approximate surface area is 165 Å². The van der Waals surface area contributed by atoms with E-state index in [-0.39, 0.29) is 5.41 Å². The molecule has 0 saturated carbocycles. The van der Waals surface area contributed by atoms with E-state index in [1.165, 1.54) is 5.56 Å². The number of hydrogen-bond acceptors (Lipinski definition) is 4. The zero-order chi connectivity index (χ0) is 19.3. The van der Waals surface area contributed by atoms with Gasteiger partial charge < -0.3 is 19.8 Å². The van der Waals surface area contributed by atoms with E-state index in [0.717, 1.165) is 55.0 Å². The van der Waals surface area contributed by atoms with Crippen molar-refractivity contribution in [3.63, 3.8) is 0 Å². The number of nitrogens with one attached hydrogen (secondary N) is 2. The van der Waals surface area contributed by atoms with Gasteiger partial charge >= 0.3 is 0 Å². The normalized spacial score (nSPS) is 17.0. The van der Waals surface area contributed by atoms with Crippen LogP contribution in [0.2, 0.25) is 5.02 Å². The first-order chi connectivity index (χ1) is 13.0. The number of rotatable bonds is 5. The zero-order valence-corrected chi connectivity index (χ0v) is 16.9. The largest absolute Gasteiger partial charge is 0.444 e. The molecular weight excluding hydrogens is 364 g/mol. The van der Waals surface area contributed by atoms with Gasteiger partial charge in [0.1, 0.15) is 5.76 Å². The molecule has 1 aliphatic rings. The third kappa shape index (κ3) is 4.82. The molecule has 0 aliphatic carbocycles. The van der Waals surface area contributed by atoms with Gasteiger partial charge in [0.15, 0.2) is 5.96 Å². The fourth-order valence-electron chi connectivity index (χ4n) is 3.40. The smallest absolute Gasteiger partial charge is 0.214 e. The van der Waals surface area contributed by atoms with Gasteiger partial charge in [-0.1, -0.05) is 23.7 Å². The first-order valence-electron chi connectivity index (χ1n) is 9.24. The Hall–Kier alpha value is -2.05. The summed E-state index contributed by atoms with van der Waals surface area (Å²) in [7, 11) is 1.76. The maximum Gasteiger partial charge on any atom is 0.214 e. The number of aliphatic imine (C=N–C) groups is 1. The first kappa shape index (κ1) is 19.7. The van der Waals surface area contributed by atoms with Crippen molar-refractivity contribution in [1.82, 2.24) is 15.6 Å². The minimum atomic E-state index is -0.0309. The maximum absolute atomic E-state index is 6.24. The predicted molar refractivity (Wildman–Crippen MR) is 107 cm³/mol. The topological polar surface area (TPSA) is 71.7 Å². The van der Waals surface area contributed by atoms with Gasteiger partial charge in [-0.15, -0.1) is 0 Å². The van der Waals surface area contributed by atoms with Crippen LogP contribution in [0.3, 0.4) is 0 Å². The van der Waals surface area contributed by atoms with E-state index < -0.39 is 0 Å². The minimum Gasteiger partial charge on any atom is -0.444 e. The van der Waals surface area contributed by atoms with Crippen molar-refractivity contribution in [2.45, 2.75) is 38.6 Å². The molecule has 0 atom stereocenters. The third-order valence-electron chi connectivity index (χ3n) is 5.18. The van der Waals surface area contributed by atoms with E-state index in [1.807, 2.05) is 26.0 Å². The molecule has 1 aromatic carbocycles. The molecule has 1 aromatic heterocycles. The summed E-state index contributed by atoms with van der Waals surface area (Å²) in [5.41, 5.74) is 2.12. The Bertz CT molecular complexity index is 778. The molecule has 6 nitrogen and oxygen atoms in total. The zero-order valence-electron chi connectivity index (χ0n) is 16.1. The Morgan fingerprint density at radius 1 is 1.26 bits per heavy atom. The molecule has 7 heteroatoms.